The number of esters is 2. The van der Waals surface area contributed by atoms with Crippen molar-refractivity contribution in [1.29, 1.82) is 0 Å². The number of ether oxygens (including phenoxy) is 2. The molecule has 0 amide bonds. The van der Waals surface area contributed by atoms with Gasteiger partial charge in [0, 0.05) is 0 Å². The quantitative estimate of drug-likeness (QED) is 0.409. The molecule has 0 saturated heterocycles. The topological polar surface area (TPSA) is 86.7 Å². The maximum Gasteiger partial charge on any atom is 0.316 e. The van der Waals surface area contributed by atoms with Crippen molar-refractivity contribution in [2.24, 2.45) is 11.8 Å². The lowest BCUT2D eigenvalue weighted by Gasteiger charge is -2.12. The number of Topliss-reactive ketones (excluding diaryl/α,β-unsaturated/α-hetero) is 2. The first-order valence-electron chi connectivity index (χ1n) is 10.2. The van der Waals surface area contributed by atoms with Crippen LogP contribution in [0.3, 0.4) is 0 Å². The summed E-state index contributed by atoms with van der Waals surface area (Å²) in [6, 6.07) is 9.47. The molecule has 0 radical (unpaired) electrons. The summed E-state index contributed by atoms with van der Waals surface area (Å²) in [6.07, 6.45) is 2.91. The van der Waals surface area contributed by atoms with Crippen molar-refractivity contribution in [2.75, 3.05) is 13.2 Å². The monoisotopic (exact) mass is 406 g/mol. The predicted molar refractivity (Wildman–Crippen MR) is 111 cm³/mol. The first kappa shape index (κ1) is 26.5. The van der Waals surface area contributed by atoms with Crippen molar-refractivity contribution in [1.82, 2.24) is 0 Å². The fourth-order valence-corrected chi connectivity index (χ4v) is 2.62. The van der Waals surface area contributed by atoms with E-state index in [1.807, 2.05) is 37.3 Å². The molecule has 1 rings (SSSR count). The number of unbranched alkanes of at least 4 members (excludes halogenated alkanes) is 1. The fraction of sp³-hybridized carbons (Fsp3) is 0.565. The van der Waals surface area contributed by atoms with E-state index < -0.39 is 17.8 Å². The van der Waals surface area contributed by atoms with Gasteiger partial charge >= 0.3 is 11.9 Å². The lowest BCUT2D eigenvalue weighted by atomic mass is 9.96. The number of rotatable bonds is 11. The SMILES string of the molecule is CCCCC(C(C)=O)C(=O)OCC.CCOC(=O)C(Cc1ccccc1)C(C)=O. The molecular weight excluding hydrogens is 372 g/mol. The first-order chi connectivity index (χ1) is 13.8. The highest BCUT2D eigenvalue weighted by atomic mass is 16.5. The Morgan fingerprint density at radius 1 is 0.793 bits per heavy atom. The summed E-state index contributed by atoms with van der Waals surface area (Å²) >= 11 is 0. The molecule has 1 aromatic rings. The van der Waals surface area contributed by atoms with E-state index in [1.165, 1.54) is 13.8 Å². The van der Waals surface area contributed by atoms with Crippen molar-refractivity contribution >= 4 is 23.5 Å². The zero-order valence-electron chi connectivity index (χ0n) is 18.2. The molecule has 0 aliphatic carbocycles. The Hall–Kier alpha value is -2.50. The number of ketones is 2. The van der Waals surface area contributed by atoms with Gasteiger partial charge in [0.05, 0.1) is 13.2 Å². The van der Waals surface area contributed by atoms with Gasteiger partial charge in [0.1, 0.15) is 23.4 Å². The van der Waals surface area contributed by atoms with Crippen molar-refractivity contribution in [2.45, 2.75) is 60.3 Å². The van der Waals surface area contributed by atoms with Gasteiger partial charge < -0.3 is 9.47 Å². The molecular formula is C23H34O6. The minimum atomic E-state index is -0.678. The van der Waals surface area contributed by atoms with Gasteiger partial charge in [-0.25, -0.2) is 0 Å². The molecule has 1 aromatic carbocycles. The molecule has 0 aliphatic heterocycles. The maximum absolute atomic E-state index is 11.5. The van der Waals surface area contributed by atoms with Crippen LogP contribution in [0.4, 0.5) is 0 Å². The van der Waals surface area contributed by atoms with Crippen molar-refractivity contribution in [3.05, 3.63) is 35.9 Å². The molecule has 0 aromatic heterocycles. The van der Waals surface area contributed by atoms with Crippen LogP contribution < -0.4 is 0 Å². The second-order valence-corrected chi connectivity index (χ2v) is 6.66. The summed E-state index contributed by atoms with van der Waals surface area (Å²) in [4.78, 5) is 45.2. The van der Waals surface area contributed by atoms with Crippen LogP contribution in [0, 0.1) is 11.8 Å². The molecule has 0 bridgehead atoms. The Balaban J connectivity index is 0.000000555. The third-order valence-electron chi connectivity index (χ3n) is 4.25. The van der Waals surface area contributed by atoms with Gasteiger partial charge in [-0.15, -0.1) is 0 Å². The van der Waals surface area contributed by atoms with E-state index in [2.05, 4.69) is 0 Å². The van der Waals surface area contributed by atoms with Gasteiger partial charge in [-0.2, -0.15) is 0 Å². The van der Waals surface area contributed by atoms with Crippen LogP contribution in [-0.4, -0.2) is 36.7 Å². The van der Waals surface area contributed by atoms with E-state index in [4.69, 9.17) is 9.47 Å². The van der Waals surface area contributed by atoms with Crippen LogP contribution in [0.1, 0.15) is 59.4 Å². The summed E-state index contributed by atoms with van der Waals surface area (Å²) in [5.41, 5.74) is 0.968. The molecule has 0 N–H and O–H groups in total. The van der Waals surface area contributed by atoms with Crippen molar-refractivity contribution < 1.29 is 28.7 Å². The van der Waals surface area contributed by atoms with E-state index in [1.54, 1.807) is 13.8 Å². The highest BCUT2D eigenvalue weighted by Gasteiger charge is 2.25. The molecule has 0 aliphatic rings. The number of carbonyl (C=O) groups excluding carboxylic acids is 4. The Morgan fingerprint density at radius 2 is 1.28 bits per heavy atom. The van der Waals surface area contributed by atoms with Crippen LogP contribution in [0.25, 0.3) is 0 Å². The fourth-order valence-electron chi connectivity index (χ4n) is 2.62. The van der Waals surface area contributed by atoms with Crippen LogP contribution in [0.2, 0.25) is 0 Å². The molecule has 6 heteroatoms. The van der Waals surface area contributed by atoms with Gasteiger partial charge in [-0.1, -0.05) is 50.1 Å². The number of hydrogen-bond acceptors (Lipinski definition) is 6. The largest absolute Gasteiger partial charge is 0.465 e. The van der Waals surface area contributed by atoms with Crippen LogP contribution in [0.5, 0.6) is 0 Å². The van der Waals surface area contributed by atoms with E-state index in [0.29, 0.717) is 26.1 Å². The van der Waals surface area contributed by atoms with Crippen molar-refractivity contribution in [3.8, 4) is 0 Å². The van der Waals surface area contributed by atoms with Gasteiger partial charge in [0.15, 0.2) is 0 Å². The van der Waals surface area contributed by atoms with Gasteiger partial charge in [0.2, 0.25) is 0 Å². The molecule has 29 heavy (non-hydrogen) atoms. The number of benzene rings is 1. The molecule has 0 saturated carbocycles. The summed E-state index contributed by atoms with van der Waals surface area (Å²) in [6.45, 7) is 9.02. The van der Waals surface area contributed by atoms with E-state index in [-0.39, 0.29) is 17.5 Å². The van der Waals surface area contributed by atoms with Crippen LogP contribution >= 0.6 is 0 Å². The molecule has 0 spiro atoms. The van der Waals surface area contributed by atoms with E-state index in [0.717, 1.165) is 18.4 Å². The Labute approximate surface area is 174 Å². The molecule has 6 nitrogen and oxygen atoms in total. The highest BCUT2D eigenvalue weighted by molar-refractivity contribution is 5.98. The Kier molecular flexibility index (Phi) is 14.1. The lowest BCUT2D eigenvalue weighted by molar-refractivity contribution is -0.152. The zero-order chi connectivity index (χ0) is 22.2. The molecule has 0 heterocycles. The average molecular weight is 407 g/mol. The summed E-state index contributed by atoms with van der Waals surface area (Å²) in [5, 5.41) is 0. The normalized spacial score (nSPS) is 12.0. The van der Waals surface area contributed by atoms with Crippen LogP contribution in [0.15, 0.2) is 30.3 Å². The van der Waals surface area contributed by atoms with Gasteiger partial charge in [0.25, 0.3) is 0 Å². The highest BCUT2D eigenvalue weighted by Crippen LogP contribution is 2.12. The average Bonchev–Trinajstić information content (AvgIpc) is 2.67. The first-order valence-corrected chi connectivity index (χ1v) is 10.2. The summed E-state index contributed by atoms with van der Waals surface area (Å²) in [5.74, 6) is -2.27. The van der Waals surface area contributed by atoms with Gasteiger partial charge in [-0.3, -0.25) is 19.2 Å². The summed E-state index contributed by atoms with van der Waals surface area (Å²) in [7, 11) is 0. The van der Waals surface area contributed by atoms with Crippen LogP contribution in [-0.2, 0) is 35.1 Å². The van der Waals surface area contributed by atoms with Gasteiger partial charge in [-0.05, 0) is 46.1 Å². The molecule has 162 valence electrons. The number of hydrogen-bond donors (Lipinski definition) is 0. The number of carbonyl (C=O) groups is 4. The zero-order valence-corrected chi connectivity index (χ0v) is 18.2. The second kappa shape index (κ2) is 15.4. The molecule has 0 fully saturated rings. The minimum Gasteiger partial charge on any atom is -0.465 e. The van der Waals surface area contributed by atoms with E-state index >= 15 is 0 Å². The predicted octanol–water partition coefficient (Wildman–Crippen LogP) is 3.94. The lowest BCUT2D eigenvalue weighted by Crippen LogP contribution is -2.26. The Morgan fingerprint density at radius 3 is 1.69 bits per heavy atom. The Bertz CT molecular complexity index is 638. The third kappa shape index (κ3) is 11.2. The maximum atomic E-state index is 11.5. The van der Waals surface area contributed by atoms with E-state index in [9.17, 15) is 19.2 Å². The smallest absolute Gasteiger partial charge is 0.316 e. The van der Waals surface area contributed by atoms with Crippen molar-refractivity contribution in [3.63, 3.8) is 0 Å². The standard InChI is InChI=1S/C13H16O3.C10H18O3/c1-3-16-13(15)12(10(2)14)9-11-7-5-4-6-8-11;1-4-6-7-9(8(3)11)10(12)13-5-2/h4-8,12H,3,9H2,1-2H3;9H,4-7H2,1-3H3. The second-order valence-electron chi connectivity index (χ2n) is 6.66. The third-order valence-corrected chi connectivity index (χ3v) is 4.25. The summed E-state index contributed by atoms with van der Waals surface area (Å²) < 4.78 is 9.68. The molecule has 2 atom stereocenters. The minimum absolute atomic E-state index is 0.0908. The molecule has 2 unspecified atom stereocenters.